The molecule has 1 aliphatic carbocycles. The first kappa shape index (κ1) is 38.4. The van der Waals surface area contributed by atoms with Crippen LogP contribution in [0.4, 0.5) is 10.7 Å². The molecule has 2 aromatic carbocycles. The molecule has 1 fully saturated rings. The lowest BCUT2D eigenvalue weighted by molar-refractivity contribution is 0.0948. The Hall–Kier alpha value is -5.06. The second kappa shape index (κ2) is 15.9. The molecule has 4 amide bonds. The van der Waals surface area contributed by atoms with Crippen molar-refractivity contribution in [1.82, 2.24) is 28.4 Å². The largest absolute Gasteiger partial charge is 0.496 e. The van der Waals surface area contributed by atoms with Gasteiger partial charge in [0, 0.05) is 18.7 Å². The highest BCUT2D eigenvalue weighted by molar-refractivity contribution is 8.03. The van der Waals surface area contributed by atoms with Crippen LogP contribution in [0.1, 0.15) is 33.6 Å². The van der Waals surface area contributed by atoms with Gasteiger partial charge in [-0.15, -0.1) is 0 Å². The van der Waals surface area contributed by atoms with Crippen molar-refractivity contribution < 1.29 is 53.8 Å². The Morgan fingerprint density at radius 3 is 1.88 bits per heavy atom. The summed E-state index contributed by atoms with van der Waals surface area (Å²) in [7, 11) is -7.94. The predicted molar refractivity (Wildman–Crippen MR) is 173 cm³/mol. The number of hydrogen-bond donors (Lipinski definition) is 4. The molecule has 19 nitrogen and oxygen atoms in total. The Bertz CT molecular complexity index is 2000. The number of para-hydroxylation sites is 1. The van der Waals surface area contributed by atoms with E-state index in [4.69, 9.17) is 14.2 Å². The van der Waals surface area contributed by atoms with E-state index in [0.717, 1.165) is 19.9 Å². The first-order chi connectivity index (χ1) is 22.9. The Balaban J connectivity index is 0.000000268. The van der Waals surface area contributed by atoms with Crippen molar-refractivity contribution in [3.05, 3.63) is 65.7 Å². The van der Waals surface area contributed by atoms with E-state index in [2.05, 4.69) is 15.3 Å². The van der Waals surface area contributed by atoms with Crippen LogP contribution in [0.15, 0.2) is 59.5 Å². The molecule has 0 aliphatic heterocycles. The number of carbonyl (C=O) groups excluding carboxylic acids is 3. The first-order valence-electron chi connectivity index (χ1n) is 13.8. The lowest BCUT2D eigenvalue weighted by Gasteiger charge is -2.15. The normalized spacial score (nSPS) is 12.9. The number of ether oxygens (including phenoxy) is 3. The van der Waals surface area contributed by atoms with Gasteiger partial charge in [-0.05, 0) is 49.2 Å². The van der Waals surface area contributed by atoms with Gasteiger partial charge in [0.1, 0.15) is 5.75 Å². The molecule has 0 saturated heterocycles. The van der Waals surface area contributed by atoms with Crippen LogP contribution in [0.2, 0.25) is 0 Å². The summed E-state index contributed by atoms with van der Waals surface area (Å²) in [6.07, 6.45) is 2.60. The number of methoxy groups -OCH3 is 3. The van der Waals surface area contributed by atoms with Gasteiger partial charge < -0.3 is 19.5 Å². The molecule has 3 aromatic rings. The van der Waals surface area contributed by atoms with Crippen molar-refractivity contribution in [2.75, 3.05) is 39.9 Å². The average Bonchev–Trinajstić information content (AvgIpc) is 3.87. The molecule has 1 heterocycles. The Labute approximate surface area is 282 Å². The van der Waals surface area contributed by atoms with Gasteiger partial charge in [0.05, 0.1) is 44.1 Å². The monoisotopic (exact) mass is 743 g/mol. The van der Waals surface area contributed by atoms with Crippen molar-refractivity contribution in [3.8, 4) is 17.5 Å². The number of anilines is 1. The number of nitrogens with one attached hydrogen (secondary N) is 4. The van der Waals surface area contributed by atoms with Gasteiger partial charge >= 0.3 is 16.2 Å². The van der Waals surface area contributed by atoms with E-state index < -0.39 is 42.2 Å². The molecule has 4 N–H and O–H groups in total. The summed E-state index contributed by atoms with van der Waals surface area (Å²) < 4.78 is 88.9. The predicted octanol–water partition coefficient (Wildman–Crippen LogP) is 0.458. The standard InChI is InChI=1S/C18H18N2O5S.C9H15N5O7S2/c1-25-16-5-3-2-4-15(16)18(22)20-26(23,24)14-10-6-12(7-11-14)17(21)19-13-8-9-13;1-14(22(4,16)17)23(18,19)13-9(15)12-8-10-6(20-2)5-7(11-8)21-3/h2-7,10-11,13H,8-9H2,1H3,(H,19,21)(H,20,22);5H,1-4H3,(H2,10,11,12,13,15). The third kappa shape index (κ3) is 11.0. The third-order valence-corrected chi connectivity index (χ3v) is 11.1. The molecule has 0 unspecified atom stereocenters. The quantitative estimate of drug-likeness (QED) is 0.197. The van der Waals surface area contributed by atoms with Crippen molar-refractivity contribution in [3.63, 3.8) is 0 Å². The van der Waals surface area contributed by atoms with Gasteiger partial charge in [-0.2, -0.15) is 18.4 Å². The molecule has 22 heteroatoms. The Morgan fingerprint density at radius 1 is 0.796 bits per heavy atom. The molecule has 0 spiro atoms. The van der Waals surface area contributed by atoms with E-state index in [-0.39, 0.29) is 49.6 Å². The summed E-state index contributed by atoms with van der Waals surface area (Å²) in [4.78, 5) is 43.3. The number of nitrogens with zero attached hydrogens (tertiary/aromatic N) is 3. The number of sulfonamides is 2. The summed E-state index contributed by atoms with van der Waals surface area (Å²) in [6, 6.07) is 12.0. The van der Waals surface area contributed by atoms with Crippen LogP contribution in [0.3, 0.4) is 0 Å². The minimum Gasteiger partial charge on any atom is -0.496 e. The van der Waals surface area contributed by atoms with Crippen LogP contribution >= 0.6 is 0 Å². The molecule has 0 radical (unpaired) electrons. The lowest BCUT2D eigenvalue weighted by atomic mass is 10.2. The molecule has 0 atom stereocenters. The molecular weight excluding hydrogens is 711 g/mol. The second-order valence-corrected chi connectivity index (χ2v) is 15.5. The number of aromatic nitrogens is 2. The maximum atomic E-state index is 12.4. The van der Waals surface area contributed by atoms with Crippen LogP contribution in [0.25, 0.3) is 0 Å². The topological polar surface area (TPSA) is 258 Å². The Morgan fingerprint density at radius 2 is 1.37 bits per heavy atom. The molecule has 1 saturated carbocycles. The number of rotatable bonds is 12. The molecule has 266 valence electrons. The van der Waals surface area contributed by atoms with Gasteiger partial charge in [0.25, 0.3) is 21.8 Å². The van der Waals surface area contributed by atoms with Crippen LogP contribution in [0, 0.1) is 0 Å². The van der Waals surface area contributed by atoms with Gasteiger partial charge in [0.15, 0.2) is 0 Å². The SMILES string of the molecule is COc1cc(OC)nc(NC(=O)NS(=O)(=O)N(C)S(C)(=O)=O)n1.COc1ccccc1C(=O)NS(=O)(=O)c1ccc(C(=O)NC2CC2)cc1. The van der Waals surface area contributed by atoms with E-state index in [9.17, 15) is 39.6 Å². The number of hydrogen-bond acceptors (Lipinski definition) is 14. The summed E-state index contributed by atoms with van der Waals surface area (Å²) >= 11 is 0. The van der Waals surface area contributed by atoms with E-state index in [1.807, 2.05) is 10.0 Å². The first-order valence-corrected chi connectivity index (χ1v) is 18.5. The van der Waals surface area contributed by atoms with Crippen LogP contribution < -0.4 is 34.3 Å². The average molecular weight is 744 g/mol. The maximum absolute atomic E-state index is 12.4. The van der Waals surface area contributed by atoms with E-state index in [1.165, 1.54) is 62.4 Å². The second-order valence-electron chi connectivity index (χ2n) is 9.89. The number of carbonyl (C=O) groups is 3. The van der Waals surface area contributed by atoms with E-state index in [1.54, 1.807) is 18.2 Å². The highest BCUT2D eigenvalue weighted by Crippen LogP contribution is 2.21. The van der Waals surface area contributed by atoms with E-state index >= 15 is 0 Å². The molecular formula is C27H33N7O12S3. The van der Waals surface area contributed by atoms with E-state index in [0.29, 0.717) is 11.8 Å². The zero-order chi connectivity index (χ0) is 36.6. The van der Waals surface area contributed by atoms with Gasteiger partial charge in [-0.3, -0.25) is 14.9 Å². The lowest BCUT2D eigenvalue weighted by Crippen LogP contribution is -2.45. The molecule has 1 aromatic heterocycles. The maximum Gasteiger partial charge on any atom is 0.336 e. The van der Waals surface area contributed by atoms with Crippen LogP contribution in [0.5, 0.6) is 17.5 Å². The van der Waals surface area contributed by atoms with Gasteiger partial charge in [-0.25, -0.2) is 31.1 Å². The molecule has 4 rings (SSSR count). The summed E-state index contributed by atoms with van der Waals surface area (Å²) in [6.45, 7) is 0. The summed E-state index contributed by atoms with van der Waals surface area (Å²) in [5.41, 5.74) is 0.478. The molecule has 49 heavy (non-hydrogen) atoms. The van der Waals surface area contributed by atoms with Crippen molar-refractivity contribution >= 4 is 54.0 Å². The number of benzene rings is 2. The van der Waals surface area contributed by atoms with Crippen molar-refractivity contribution in [2.24, 2.45) is 0 Å². The van der Waals surface area contributed by atoms with Gasteiger partial charge in [-0.1, -0.05) is 15.8 Å². The van der Waals surface area contributed by atoms with Crippen molar-refractivity contribution in [2.45, 2.75) is 23.8 Å². The zero-order valence-electron chi connectivity index (χ0n) is 26.7. The fraction of sp³-hybridized carbons (Fsp3) is 0.296. The highest BCUT2D eigenvalue weighted by Gasteiger charge is 2.29. The number of urea groups is 1. The zero-order valence-corrected chi connectivity index (χ0v) is 29.1. The minimum absolute atomic E-state index is 0.00654. The van der Waals surface area contributed by atoms with Crippen molar-refractivity contribution in [1.29, 1.82) is 0 Å². The smallest absolute Gasteiger partial charge is 0.336 e. The fourth-order valence-electron chi connectivity index (χ4n) is 3.51. The van der Waals surface area contributed by atoms with Crippen LogP contribution in [-0.4, -0.2) is 97.5 Å². The Kier molecular flexibility index (Phi) is 12.5. The molecule has 0 bridgehead atoms. The highest BCUT2D eigenvalue weighted by atomic mass is 32.3. The van der Waals surface area contributed by atoms with Crippen LogP contribution in [-0.2, 0) is 30.3 Å². The number of amides is 4. The fourth-order valence-corrected chi connectivity index (χ4v) is 6.42. The van der Waals surface area contributed by atoms with Gasteiger partial charge in [0.2, 0.25) is 27.7 Å². The third-order valence-electron chi connectivity index (χ3n) is 6.27. The summed E-state index contributed by atoms with van der Waals surface area (Å²) in [5.74, 6) is -0.956. The summed E-state index contributed by atoms with van der Waals surface area (Å²) in [5, 5.41) is 4.84. The minimum atomic E-state index is -4.60. The molecule has 1 aliphatic rings.